The van der Waals surface area contributed by atoms with Crippen LogP contribution in [-0.2, 0) is 18.3 Å². The maximum Gasteiger partial charge on any atom is 0.343 e. The Morgan fingerprint density at radius 1 is 1.43 bits per heavy atom. The van der Waals surface area contributed by atoms with Crippen LogP contribution in [0.3, 0.4) is 0 Å². The van der Waals surface area contributed by atoms with Gasteiger partial charge in [0.05, 0.1) is 0 Å². The zero-order valence-electron chi connectivity index (χ0n) is 12.9. The molecule has 1 fully saturated rings. The van der Waals surface area contributed by atoms with Gasteiger partial charge in [0.15, 0.2) is 0 Å². The minimum atomic E-state index is -0.225. The SMILES string of the molecule is CN1CCCCC1CCC(=O)NCCc1n[nH]c(=O)n1C. The molecule has 2 rings (SSSR count). The van der Waals surface area contributed by atoms with Crippen LogP contribution >= 0.6 is 0 Å². The Bertz CT molecular complexity index is 522. The summed E-state index contributed by atoms with van der Waals surface area (Å²) in [4.78, 5) is 25.4. The largest absolute Gasteiger partial charge is 0.356 e. The molecule has 0 saturated carbocycles. The van der Waals surface area contributed by atoms with Crippen LogP contribution in [0, 0.1) is 0 Å². The molecule has 1 aliphatic rings. The summed E-state index contributed by atoms with van der Waals surface area (Å²) in [6, 6.07) is 0.539. The van der Waals surface area contributed by atoms with Crippen molar-refractivity contribution >= 4 is 5.91 Å². The summed E-state index contributed by atoms with van der Waals surface area (Å²) in [6.45, 7) is 1.65. The second kappa shape index (κ2) is 7.40. The zero-order chi connectivity index (χ0) is 15.2. The molecule has 1 saturated heterocycles. The molecule has 1 atom stereocenters. The number of likely N-dealkylation sites (tertiary alicyclic amines) is 1. The third-order valence-corrected chi connectivity index (χ3v) is 4.27. The standard InChI is InChI=1S/C14H25N5O2/c1-18-10-4-3-5-11(18)6-7-13(20)15-9-8-12-16-17-14(21)19(12)2/h11H,3-10H2,1-2H3,(H,15,20)(H,17,21). The average molecular weight is 295 g/mol. The van der Waals surface area contributed by atoms with E-state index in [2.05, 4.69) is 27.5 Å². The van der Waals surface area contributed by atoms with Crippen molar-refractivity contribution < 1.29 is 4.79 Å². The van der Waals surface area contributed by atoms with Gasteiger partial charge < -0.3 is 10.2 Å². The first-order valence-corrected chi connectivity index (χ1v) is 7.65. The summed E-state index contributed by atoms with van der Waals surface area (Å²) in [5.74, 6) is 0.738. The smallest absolute Gasteiger partial charge is 0.343 e. The van der Waals surface area contributed by atoms with Gasteiger partial charge in [-0.1, -0.05) is 6.42 Å². The van der Waals surface area contributed by atoms with E-state index in [4.69, 9.17) is 0 Å². The Labute approximate surface area is 124 Å². The van der Waals surface area contributed by atoms with E-state index in [-0.39, 0.29) is 11.6 Å². The molecule has 0 bridgehead atoms. The molecule has 2 N–H and O–H groups in total. The number of carbonyl (C=O) groups is 1. The molecule has 0 radical (unpaired) electrons. The molecule has 1 aromatic heterocycles. The molecule has 1 amide bonds. The van der Waals surface area contributed by atoms with Gasteiger partial charge in [-0.05, 0) is 32.9 Å². The van der Waals surface area contributed by atoms with Gasteiger partial charge >= 0.3 is 5.69 Å². The van der Waals surface area contributed by atoms with E-state index in [0.717, 1.165) is 13.0 Å². The Kier molecular flexibility index (Phi) is 5.55. The number of nitrogens with zero attached hydrogens (tertiary/aromatic N) is 3. The minimum absolute atomic E-state index is 0.0782. The number of hydrogen-bond acceptors (Lipinski definition) is 4. The number of piperidine rings is 1. The van der Waals surface area contributed by atoms with E-state index in [1.54, 1.807) is 7.05 Å². The van der Waals surface area contributed by atoms with Gasteiger partial charge in [0.2, 0.25) is 5.91 Å². The van der Waals surface area contributed by atoms with Crippen molar-refractivity contribution in [2.75, 3.05) is 20.1 Å². The van der Waals surface area contributed by atoms with Gasteiger partial charge in [-0.15, -0.1) is 0 Å². The highest BCUT2D eigenvalue weighted by molar-refractivity contribution is 5.75. The number of rotatable bonds is 6. The molecular formula is C14H25N5O2. The Morgan fingerprint density at radius 2 is 2.24 bits per heavy atom. The molecule has 2 heterocycles. The molecule has 0 aromatic carbocycles. The van der Waals surface area contributed by atoms with E-state index >= 15 is 0 Å². The zero-order valence-corrected chi connectivity index (χ0v) is 12.9. The van der Waals surface area contributed by atoms with Crippen molar-refractivity contribution in [1.82, 2.24) is 25.0 Å². The summed E-state index contributed by atoms with van der Waals surface area (Å²) >= 11 is 0. The van der Waals surface area contributed by atoms with Crippen LogP contribution < -0.4 is 11.0 Å². The molecule has 7 nitrogen and oxygen atoms in total. The van der Waals surface area contributed by atoms with Crippen LogP contribution in [0.2, 0.25) is 0 Å². The fraction of sp³-hybridized carbons (Fsp3) is 0.786. The van der Waals surface area contributed by atoms with Crippen molar-refractivity contribution in [1.29, 1.82) is 0 Å². The van der Waals surface area contributed by atoms with E-state index in [9.17, 15) is 9.59 Å². The molecule has 0 spiro atoms. The number of carbonyl (C=O) groups excluding carboxylic acids is 1. The first kappa shape index (κ1) is 15.8. The van der Waals surface area contributed by atoms with E-state index in [0.29, 0.717) is 31.3 Å². The molecule has 118 valence electrons. The summed E-state index contributed by atoms with van der Waals surface area (Å²) in [7, 11) is 3.81. The molecular weight excluding hydrogens is 270 g/mol. The highest BCUT2D eigenvalue weighted by atomic mass is 16.2. The van der Waals surface area contributed by atoms with Gasteiger partial charge in [-0.3, -0.25) is 9.36 Å². The summed E-state index contributed by atoms with van der Waals surface area (Å²) < 4.78 is 1.46. The lowest BCUT2D eigenvalue weighted by atomic mass is 9.98. The lowest BCUT2D eigenvalue weighted by molar-refractivity contribution is -0.121. The number of amides is 1. The average Bonchev–Trinajstić information content (AvgIpc) is 2.78. The van der Waals surface area contributed by atoms with Crippen molar-refractivity contribution in [2.24, 2.45) is 7.05 Å². The lowest BCUT2D eigenvalue weighted by Gasteiger charge is -2.32. The predicted molar refractivity (Wildman–Crippen MR) is 80.0 cm³/mol. The minimum Gasteiger partial charge on any atom is -0.356 e. The van der Waals surface area contributed by atoms with Crippen molar-refractivity contribution in [3.8, 4) is 0 Å². The van der Waals surface area contributed by atoms with E-state index in [1.165, 1.54) is 23.8 Å². The number of aromatic nitrogens is 3. The molecule has 1 unspecified atom stereocenters. The Balaban J connectivity index is 1.65. The summed E-state index contributed by atoms with van der Waals surface area (Å²) in [5.41, 5.74) is -0.225. The maximum atomic E-state index is 11.8. The highest BCUT2D eigenvalue weighted by Crippen LogP contribution is 2.18. The number of H-pyrrole nitrogens is 1. The van der Waals surface area contributed by atoms with E-state index < -0.39 is 0 Å². The van der Waals surface area contributed by atoms with Crippen LogP contribution in [0.15, 0.2) is 4.79 Å². The summed E-state index contributed by atoms with van der Waals surface area (Å²) in [5, 5.41) is 9.19. The van der Waals surface area contributed by atoms with Crippen LogP contribution in [-0.4, -0.2) is 51.8 Å². The summed E-state index contributed by atoms with van der Waals surface area (Å²) in [6.07, 6.45) is 5.77. The van der Waals surface area contributed by atoms with Gasteiger partial charge in [0, 0.05) is 32.5 Å². The first-order chi connectivity index (χ1) is 10.1. The quantitative estimate of drug-likeness (QED) is 0.776. The second-order valence-electron chi connectivity index (χ2n) is 5.77. The monoisotopic (exact) mass is 295 g/mol. The molecule has 21 heavy (non-hydrogen) atoms. The molecule has 1 aromatic rings. The second-order valence-corrected chi connectivity index (χ2v) is 5.77. The Morgan fingerprint density at radius 3 is 2.90 bits per heavy atom. The van der Waals surface area contributed by atoms with Crippen LogP contribution in [0.5, 0.6) is 0 Å². The van der Waals surface area contributed by atoms with Gasteiger partial charge in [0.25, 0.3) is 0 Å². The van der Waals surface area contributed by atoms with Crippen LogP contribution in [0.1, 0.15) is 37.9 Å². The van der Waals surface area contributed by atoms with Gasteiger partial charge in [-0.2, -0.15) is 5.10 Å². The van der Waals surface area contributed by atoms with Crippen LogP contribution in [0.25, 0.3) is 0 Å². The maximum absolute atomic E-state index is 11.8. The van der Waals surface area contributed by atoms with Crippen molar-refractivity contribution in [3.05, 3.63) is 16.3 Å². The predicted octanol–water partition coefficient (Wildman–Crippen LogP) is 0.0316. The Hall–Kier alpha value is -1.63. The third kappa shape index (κ3) is 4.42. The molecule has 1 aliphatic heterocycles. The van der Waals surface area contributed by atoms with Crippen molar-refractivity contribution in [3.63, 3.8) is 0 Å². The molecule has 0 aliphatic carbocycles. The molecule has 7 heteroatoms. The first-order valence-electron chi connectivity index (χ1n) is 7.65. The normalized spacial score (nSPS) is 19.6. The van der Waals surface area contributed by atoms with E-state index in [1.807, 2.05) is 0 Å². The highest BCUT2D eigenvalue weighted by Gasteiger charge is 2.19. The van der Waals surface area contributed by atoms with Gasteiger partial charge in [-0.25, -0.2) is 9.89 Å². The topological polar surface area (TPSA) is 83.0 Å². The fourth-order valence-electron chi connectivity index (χ4n) is 2.81. The number of nitrogens with one attached hydrogen (secondary N) is 2. The van der Waals surface area contributed by atoms with Crippen LogP contribution in [0.4, 0.5) is 0 Å². The lowest BCUT2D eigenvalue weighted by Crippen LogP contribution is -2.37. The number of hydrogen-bond donors (Lipinski definition) is 2. The fourth-order valence-corrected chi connectivity index (χ4v) is 2.81. The number of aromatic amines is 1. The third-order valence-electron chi connectivity index (χ3n) is 4.27. The van der Waals surface area contributed by atoms with Gasteiger partial charge in [0.1, 0.15) is 5.82 Å². The van der Waals surface area contributed by atoms with Crippen molar-refractivity contribution in [2.45, 2.75) is 44.6 Å².